The molecule has 1 aromatic rings. The molecule has 0 N–H and O–H groups in total. The maximum atomic E-state index is 10.9. The number of rotatable bonds is 2. The second-order valence-electron chi connectivity index (χ2n) is 3.92. The topological polar surface area (TPSA) is 26.3 Å². The van der Waals surface area contributed by atoms with Crippen LogP contribution in [0.5, 0.6) is 0 Å². The maximum Gasteiger partial charge on any atom is 0.304 e. The molecule has 0 unspecified atom stereocenters. The molecule has 1 aliphatic rings. The molecular formula is C14H15O2+. The Bertz CT molecular complexity index is 392. The average molecular weight is 215 g/mol. The molecule has 0 heterocycles. The van der Waals surface area contributed by atoms with Gasteiger partial charge in [-0.1, -0.05) is 6.07 Å². The summed E-state index contributed by atoms with van der Waals surface area (Å²) in [6, 6.07) is 10.2. The van der Waals surface area contributed by atoms with Crippen molar-refractivity contribution in [2.24, 2.45) is 0 Å². The Hall–Kier alpha value is -1.70. The summed E-state index contributed by atoms with van der Waals surface area (Å²) in [7, 11) is 0. The van der Waals surface area contributed by atoms with Crippen LogP contribution in [-0.2, 0) is 9.53 Å². The third kappa shape index (κ3) is 2.66. The molecule has 82 valence electrons. The molecule has 0 fully saturated rings. The SMILES string of the molecule is CC(=O)O[C@@H]1[CH+]C(c2ccccc2)=CCC1. The van der Waals surface area contributed by atoms with Gasteiger partial charge in [0.25, 0.3) is 0 Å². The minimum atomic E-state index is -0.212. The third-order valence-electron chi connectivity index (χ3n) is 2.61. The fraction of sp³-hybridized carbons (Fsp3) is 0.286. The van der Waals surface area contributed by atoms with E-state index in [0.29, 0.717) is 0 Å². The van der Waals surface area contributed by atoms with Crippen molar-refractivity contribution in [2.75, 3.05) is 0 Å². The lowest BCUT2D eigenvalue weighted by Gasteiger charge is -2.16. The second kappa shape index (κ2) is 4.88. The van der Waals surface area contributed by atoms with Crippen LogP contribution in [0, 0.1) is 6.42 Å². The van der Waals surface area contributed by atoms with E-state index in [9.17, 15) is 4.79 Å². The van der Waals surface area contributed by atoms with Gasteiger partial charge in [0.05, 0.1) is 12.0 Å². The van der Waals surface area contributed by atoms with Gasteiger partial charge in [-0.2, -0.15) is 0 Å². The van der Waals surface area contributed by atoms with Crippen LogP contribution in [0.4, 0.5) is 0 Å². The van der Waals surface area contributed by atoms with Crippen molar-refractivity contribution in [3.63, 3.8) is 0 Å². The van der Waals surface area contributed by atoms with Crippen molar-refractivity contribution in [1.29, 1.82) is 0 Å². The standard InChI is InChI=1S/C14H15O2/c1-11(15)16-14-9-5-8-13(10-14)12-6-3-2-4-7-12/h2-4,6-8,10,14H,5,9H2,1H3/q+1/t14-/m0/s1. The van der Waals surface area contributed by atoms with Crippen molar-refractivity contribution in [2.45, 2.75) is 25.9 Å². The van der Waals surface area contributed by atoms with Crippen molar-refractivity contribution in [3.05, 3.63) is 48.4 Å². The van der Waals surface area contributed by atoms with Gasteiger partial charge in [-0.25, -0.2) is 0 Å². The van der Waals surface area contributed by atoms with Crippen LogP contribution in [0.25, 0.3) is 5.57 Å². The van der Waals surface area contributed by atoms with Gasteiger partial charge >= 0.3 is 5.97 Å². The fourth-order valence-corrected chi connectivity index (χ4v) is 1.91. The summed E-state index contributed by atoms with van der Waals surface area (Å²) in [6.45, 7) is 1.45. The van der Waals surface area contributed by atoms with Gasteiger partial charge in [-0.15, -0.1) is 0 Å². The summed E-state index contributed by atoms with van der Waals surface area (Å²) in [6.07, 6.45) is 5.99. The number of allylic oxidation sites excluding steroid dienone is 1. The zero-order chi connectivity index (χ0) is 11.4. The Morgan fingerprint density at radius 3 is 2.81 bits per heavy atom. The average Bonchev–Trinajstić information content (AvgIpc) is 2.30. The maximum absolute atomic E-state index is 10.9. The highest BCUT2D eigenvalue weighted by molar-refractivity contribution is 5.74. The van der Waals surface area contributed by atoms with Gasteiger partial charge in [0.1, 0.15) is 5.57 Å². The molecular weight excluding hydrogens is 200 g/mol. The Morgan fingerprint density at radius 2 is 2.12 bits per heavy atom. The molecule has 1 aromatic carbocycles. The molecule has 2 heteroatoms. The zero-order valence-corrected chi connectivity index (χ0v) is 9.35. The fourth-order valence-electron chi connectivity index (χ4n) is 1.91. The zero-order valence-electron chi connectivity index (χ0n) is 9.35. The molecule has 2 rings (SSSR count). The lowest BCUT2D eigenvalue weighted by atomic mass is 9.92. The molecule has 0 aromatic heterocycles. The van der Waals surface area contributed by atoms with E-state index in [-0.39, 0.29) is 12.1 Å². The number of hydrogen-bond acceptors (Lipinski definition) is 2. The lowest BCUT2D eigenvalue weighted by molar-refractivity contribution is -0.144. The molecule has 0 saturated carbocycles. The predicted octanol–water partition coefficient (Wildman–Crippen LogP) is 3.00. The minimum absolute atomic E-state index is 0.0716. The number of benzene rings is 1. The van der Waals surface area contributed by atoms with Gasteiger partial charge in [0, 0.05) is 38.0 Å². The predicted molar refractivity (Wildman–Crippen MR) is 63.5 cm³/mol. The van der Waals surface area contributed by atoms with Crippen LogP contribution in [0.2, 0.25) is 0 Å². The highest BCUT2D eigenvalue weighted by atomic mass is 16.5. The largest absolute Gasteiger partial charge is 0.445 e. The summed E-state index contributed by atoms with van der Waals surface area (Å²) >= 11 is 0. The summed E-state index contributed by atoms with van der Waals surface area (Å²) in [4.78, 5) is 10.9. The van der Waals surface area contributed by atoms with E-state index in [2.05, 4.69) is 18.2 Å². The molecule has 0 bridgehead atoms. The first-order valence-corrected chi connectivity index (χ1v) is 5.53. The van der Waals surface area contributed by atoms with Gasteiger partial charge in [0.2, 0.25) is 0 Å². The number of carbonyl (C=O) groups excluding carboxylic acids is 1. The third-order valence-corrected chi connectivity index (χ3v) is 2.61. The summed E-state index contributed by atoms with van der Waals surface area (Å²) in [5.74, 6) is -0.212. The Morgan fingerprint density at radius 1 is 1.38 bits per heavy atom. The smallest absolute Gasteiger partial charge is 0.304 e. The number of hydrogen-bond donors (Lipinski definition) is 0. The summed E-state index contributed by atoms with van der Waals surface area (Å²) < 4.78 is 5.21. The van der Waals surface area contributed by atoms with Gasteiger partial charge in [-0.05, 0) is 12.1 Å². The van der Waals surface area contributed by atoms with E-state index in [1.807, 2.05) is 24.6 Å². The molecule has 1 aliphatic carbocycles. The van der Waals surface area contributed by atoms with Crippen LogP contribution < -0.4 is 0 Å². The first-order valence-electron chi connectivity index (χ1n) is 5.53. The summed E-state index contributed by atoms with van der Waals surface area (Å²) in [5.41, 5.74) is 2.34. The van der Waals surface area contributed by atoms with Crippen molar-refractivity contribution in [1.82, 2.24) is 0 Å². The normalized spacial score (nSPS) is 19.6. The van der Waals surface area contributed by atoms with Crippen LogP contribution in [-0.4, -0.2) is 12.1 Å². The highest BCUT2D eigenvalue weighted by Gasteiger charge is 2.25. The molecule has 1 atom stereocenters. The van der Waals surface area contributed by atoms with Crippen molar-refractivity contribution < 1.29 is 9.53 Å². The highest BCUT2D eigenvalue weighted by Crippen LogP contribution is 2.27. The van der Waals surface area contributed by atoms with Gasteiger partial charge in [0.15, 0.2) is 6.10 Å². The Kier molecular flexibility index (Phi) is 3.30. The molecule has 0 amide bonds. The molecule has 2 nitrogen and oxygen atoms in total. The van der Waals surface area contributed by atoms with Gasteiger partial charge < -0.3 is 4.74 Å². The van der Waals surface area contributed by atoms with Gasteiger partial charge in [-0.3, -0.25) is 4.79 Å². The second-order valence-corrected chi connectivity index (χ2v) is 3.92. The summed E-state index contributed by atoms with van der Waals surface area (Å²) in [5, 5.41) is 0. The van der Waals surface area contributed by atoms with E-state index in [1.165, 1.54) is 12.5 Å². The first kappa shape index (κ1) is 10.8. The van der Waals surface area contributed by atoms with Crippen LogP contribution in [0.15, 0.2) is 36.4 Å². The number of carbonyl (C=O) groups is 1. The van der Waals surface area contributed by atoms with E-state index < -0.39 is 0 Å². The molecule has 0 aliphatic heterocycles. The van der Waals surface area contributed by atoms with E-state index >= 15 is 0 Å². The Balaban J connectivity index is 2.07. The first-order chi connectivity index (χ1) is 7.75. The lowest BCUT2D eigenvalue weighted by Crippen LogP contribution is -2.19. The Labute approximate surface area is 95.9 Å². The number of esters is 1. The van der Waals surface area contributed by atoms with Crippen molar-refractivity contribution in [3.8, 4) is 0 Å². The molecule has 0 radical (unpaired) electrons. The van der Waals surface area contributed by atoms with Crippen molar-refractivity contribution >= 4 is 11.5 Å². The molecule has 16 heavy (non-hydrogen) atoms. The van der Waals surface area contributed by atoms with Crippen LogP contribution in [0.3, 0.4) is 0 Å². The van der Waals surface area contributed by atoms with E-state index in [0.717, 1.165) is 18.4 Å². The van der Waals surface area contributed by atoms with E-state index in [1.54, 1.807) is 0 Å². The monoisotopic (exact) mass is 215 g/mol. The molecule has 0 spiro atoms. The molecule has 0 saturated heterocycles. The minimum Gasteiger partial charge on any atom is -0.445 e. The van der Waals surface area contributed by atoms with Crippen LogP contribution >= 0.6 is 0 Å². The van der Waals surface area contributed by atoms with E-state index in [4.69, 9.17) is 4.74 Å². The quantitative estimate of drug-likeness (QED) is 0.560. The van der Waals surface area contributed by atoms with Crippen LogP contribution in [0.1, 0.15) is 25.3 Å². The number of ether oxygens (including phenoxy) is 1.